The molecule has 0 aliphatic carbocycles. The third kappa shape index (κ3) is 5.53. The van der Waals surface area contributed by atoms with Crippen molar-refractivity contribution in [2.24, 2.45) is 0 Å². The fourth-order valence-electron chi connectivity index (χ4n) is 3.26. The molecule has 0 radical (unpaired) electrons. The average molecular weight is 423 g/mol. The monoisotopic (exact) mass is 422 g/mol. The number of hydrogen-bond acceptors (Lipinski definition) is 5. The molecule has 0 saturated carbocycles. The number of piperazine rings is 1. The molecule has 0 atom stereocenters. The van der Waals surface area contributed by atoms with Crippen molar-refractivity contribution in [1.29, 1.82) is 0 Å². The Morgan fingerprint density at radius 3 is 2.59 bits per heavy atom. The van der Waals surface area contributed by atoms with Gasteiger partial charge in [0.2, 0.25) is 11.8 Å². The summed E-state index contributed by atoms with van der Waals surface area (Å²) in [7, 11) is 0. The number of aryl methyl sites for hydroxylation is 2. The highest BCUT2D eigenvalue weighted by Crippen LogP contribution is 2.20. The summed E-state index contributed by atoms with van der Waals surface area (Å²) in [5, 5.41) is 4.00. The van der Waals surface area contributed by atoms with Crippen LogP contribution in [0.1, 0.15) is 48.3 Å². The van der Waals surface area contributed by atoms with Gasteiger partial charge in [-0.2, -0.15) is 4.98 Å². The van der Waals surface area contributed by atoms with E-state index in [2.05, 4.69) is 17.1 Å². The molecule has 0 unspecified atom stereocenters. The first kappa shape index (κ1) is 21.2. The summed E-state index contributed by atoms with van der Waals surface area (Å²) in [5.41, 5.74) is 0.273. The Labute approximate surface area is 173 Å². The van der Waals surface area contributed by atoms with Gasteiger partial charge in [-0.1, -0.05) is 23.7 Å². The number of hydrogen-bond donors (Lipinski definition) is 0. The zero-order valence-electron chi connectivity index (χ0n) is 16.4. The Kier molecular flexibility index (Phi) is 7.19. The van der Waals surface area contributed by atoms with Crippen LogP contribution in [-0.4, -0.2) is 57.9 Å². The van der Waals surface area contributed by atoms with Crippen LogP contribution in [0, 0.1) is 5.82 Å². The SMILES string of the molecule is CCCc1noc(CCCC(=O)N2CCN(C(=O)c3ccc(F)cc3Cl)CC2)n1. The normalized spacial score (nSPS) is 14.3. The first-order valence-electron chi connectivity index (χ1n) is 9.81. The van der Waals surface area contributed by atoms with E-state index in [1.165, 1.54) is 12.1 Å². The van der Waals surface area contributed by atoms with Gasteiger partial charge in [-0.3, -0.25) is 9.59 Å². The molecule has 7 nitrogen and oxygen atoms in total. The second kappa shape index (κ2) is 9.82. The van der Waals surface area contributed by atoms with Crippen molar-refractivity contribution in [1.82, 2.24) is 19.9 Å². The predicted molar refractivity (Wildman–Crippen MR) is 105 cm³/mol. The van der Waals surface area contributed by atoms with Crippen LogP contribution >= 0.6 is 11.6 Å². The number of amides is 2. The van der Waals surface area contributed by atoms with Crippen molar-refractivity contribution < 1.29 is 18.5 Å². The van der Waals surface area contributed by atoms with Gasteiger partial charge in [-0.25, -0.2) is 4.39 Å². The van der Waals surface area contributed by atoms with E-state index in [4.69, 9.17) is 16.1 Å². The maximum Gasteiger partial charge on any atom is 0.255 e. The topological polar surface area (TPSA) is 79.5 Å². The van der Waals surface area contributed by atoms with Gasteiger partial charge in [-0.05, 0) is 31.0 Å². The molecule has 2 amide bonds. The molecule has 1 aromatic carbocycles. The summed E-state index contributed by atoms with van der Waals surface area (Å²) in [6.07, 6.45) is 3.35. The van der Waals surface area contributed by atoms with Crippen molar-refractivity contribution in [2.75, 3.05) is 26.2 Å². The smallest absolute Gasteiger partial charge is 0.255 e. The van der Waals surface area contributed by atoms with E-state index in [1.807, 2.05) is 0 Å². The lowest BCUT2D eigenvalue weighted by molar-refractivity contribution is -0.132. The number of carbonyl (C=O) groups is 2. The van der Waals surface area contributed by atoms with Crippen LogP contribution in [0.15, 0.2) is 22.7 Å². The van der Waals surface area contributed by atoms with E-state index in [1.54, 1.807) is 9.80 Å². The van der Waals surface area contributed by atoms with Crippen LogP contribution < -0.4 is 0 Å². The maximum atomic E-state index is 13.2. The molecule has 0 N–H and O–H groups in total. The minimum Gasteiger partial charge on any atom is -0.339 e. The Bertz CT molecular complexity index is 865. The molecule has 0 spiro atoms. The molecule has 1 fully saturated rings. The van der Waals surface area contributed by atoms with Gasteiger partial charge in [0.1, 0.15) is 5.82 Å². The number of halogens is 2. The molecule has 9 heteroatoms. The van der Waals surface area contributed by atoms with E-state index in [0.717, 1.165) is 18.9 Å². The quantitative estimate of drug-likeness (QED) is 0.684. The van der Waals surface area contributed by atoms with Crippen LogP contribution in [0.4, 0.5) is 4.39 Å². The third-order valence-corrected chi connectivity index (χ3v) is 5.16. The van der Waals surface area contributed by atoms with Gasteiger partial charge in [0.15, 0.2) is 5.82 Å². The lowest BCUT2D eigenvalue weighted by Crippen LogP contribution is -2.50. The number of nitrogens with zero attached hydrogens (tertiary/aromatic N) is 4. The average Bonchev–Trinajstić information content (AvgIpc) is 3.15. The minimum absolute atomic E-state index is 0.0465. The lowest BCUT2D eigenvalue weighted by atomic mass is 10.1. The Morgan fingerprint density at radius 1 is 1.17 bits per heavy atom. The van der Waals surface area contributed by atoms with E-state index in [0.29, 0.717) is 57.2 Å². The van der Waals surface area contributed by atoms with E-state index in [-0.39, 0.29) is 22.4 Å². The molecule has 1 aromatic heterocycles. The number of aromatic nitrogens is 2. The van der Waals surface area contributed by atoms with Gasteiger partial charge in [0, 0.05) is 45.4 Å². The van der Waals surface area contributed by atoms with Gasteiger partial charge in [0.05, 0.1) is 10.6 Å². The van der Waals surface area contributed by atoms with Crippen LogP contribution in [0.3, 0.4) is 0 Å². The van der Waals surface area contributed by atoms with Crippen LogP contribution in [-0.2, 0) is 17.6 Å². The second-order valence-corrected chi connectivity index (χ2v) is 7.41. The fourth-order valence-corrected chi connectivity index (χ4v) is 3.51. The summed E-state index contributed by atoms with van der Waals surface area (Å²) in [6, 6.07) is 3.73. The Balaban J connectivity index is 1.43. The van der Waals surface area contributed by atoms with Gasteiger partial charge < -0.3 is 14.3 Å². The van der Waals surface area contributed by atoms with Crippen molar-refractivity contribution in [2.45, 2.75) is 39.0 Å². The number of rotatable bonds is 7. The summed E-state index contributed by atoms with van der Waals surface area (Å²) in [6.45, 7) is 3.82. The summed E-state index contributed by atoms with van der Waals surface area (Å²) in [5.74, 6) is 0.583. The van der Waals surface area contributed by atoms with E-state index in [9.17, 15) is 14.0 Å². The molecule has 2 aromatic rings. The third-order valence-electron chi connectivity index (χ3n) is 4.85. The van der Waals surface area contributed by atoms with Crippen LogP contribution in [0.5, 0.6) is 0 Å². The molecule has 1 aliphatic heterocycles. The van der Waals surface area contributed by atoms with E-state index < -0.39 is 5.82 Å². The molecule has 2 heterocycles. The highest BCUT2D eigenvalue weighted by Gasteiger charge is 2.26. The highest BCUT2D eigenvalue weighted by atomic mass is 35.5. The molecule has 1 aliphatic rings. The standard InChI is InChI=1S/C20H24ClFN4O3/c1-2-4-17-23-18(29-24-17)5-3-6-19(27)25-9-11-26(12-10-25)20(28)15-8-7-14(22)13-16(15)21/h7-8,13H,2-6,9-12H2,1H3. The van der Waals surface area contributed by atoms with Crippen molar-refractivity contribution in [3.8, 4) is 0 Å². The second-order valence-electron chi connectivity index (χ2n) is 7.01. The lowest BCUT2D eigenvalue weighted by Gasteiger charge is -2.35. The Hall–Kier alpha value is -2.48. The van der Waals surface area contributed by atoms with Crippen molar-refractivity contribution in [3.05, 3.63) is 46.3 Å². The maximum absolute atomic E-state index is 13.2. The van der Waals surface area contributed by atoms with Crippen LogP contribution in [0.2, 0.25) is 5.02 Å². The largest absolute Gasteiger partial charge is 0.339 e. The van der Waals surface area contributed by atoms with Gasteiger partial charge in [0.25, 0.3) is 5.91 Å². The fraction of sp³-hybridized carbons (Fsp3) is 0.500. The zero-order valence-corrected chi connectivity index (χ0v) is 17.1. The first-order valence-corrected chi connectivity index (χ1v) is 10.2. The van der Waals surface area contributed by atoms with E-state index >= 15 is 0 Å². The highest BCUT2D eigenvalue weighted by molar-refractivity contribution is 6.33. The molecule has 29 heavy (non-hydrogen) atoms. The number of carbonyl (C=O) groups excluding carboxylic acids is 2. The zero-order chi connectivity index (χ0) is 20.8. The van der Waals surface area contributed by atoms with Crippen molar-refractivity contribution >= 4 is 23.4 Å². The molecule has 0 bridgehead atoms. The van der Waals surface area contributed by atoms with Crippen molar-refractivity contribution in [3.63, 3.8) is 0 Å². The Morgan fingerprint density at radius 2 is 1.90 bits per heavy atom. The molecular formula is C20H24ClFN4O3. The molecule has 1 saturated heterocycles. The van der Waals surface area contributed by atoms with Crippen LogP contribution in [0.25, 0.3) is 0 Å². The molecular weight excluding hydrogens is 399 g/mol. The number of benzene rings is 1. The van der Waals surface area contributed by atoms with Gasteiger partial charge in [-0.15, -0.1) is 0 Å². The summed E-state index contributed by atoms with van der Waals surface area (Å²) >= 11 is 5.98. The molecule has 3 rings (SSSR count). The summed E-state index contributed by atoms with van der Waals surface area (Å²) < 4.78 is 18.4. The predicted octanol–water partition coefficient (Wildman–Crippen LogP) is 3.12. The van der Waals surface area contributed by atoms with Gasteiger partial charge >= 0.3 is 0 Å². The molecule has 156 valence electrons. The summed E-state index contributed by atoms with van der Waals surface area (Å²) in [4.78, 5) is 32.7. The minimum atomic E-state index is -0.482. The first-order chi connectivity index (χ1) is 14.0.